The molecule has 154 valence electrons. The molecule has 1 aromatic heterocycles. The lowest BCUT2D eigenvalue weighted by atomic mass is 9.97. The highest BCUT2D eigenvalue weighted by Gasteiger charge is 2.24. The molecule has 2 N–H and O–H groups in total. The summed E-state index contributed by atoms with van der Waals surface area (Å²) in [6.45, 7) is 10.8. The summed E-state index contributed by atoms with van der Waals surface area (Å²) in [5.74, 6) is 2.04. The van der Waals surface area contributed by atoms with Crippen molar-refractivity contribution in [3.63, 3.8) is 0 Å². The Morgan fingerprint density at radius 2 is 2.00 bits per heavy atom. The van der Waals surface area contributed by atoms with E-state index in [1.807, 2.05) is 0 Å². The second kappa shape index (κ2) is 9.58. The summed E-state index contributed by atoms with van der Waals surface area (Å²) >= 11 is 0. The Kier molecular flexibility index (Phi) is 7.68. The van der Waals surface area contributed by atoms with Crippen LogP contribution < -0.4 is 15.5 Å². The molecule has 1 fully saturated rings. The molecule has 7 nitrogen and oxygen atoms in total. The Morgan fingerprint density at radius 3 is 2.61 bits per heavy atom. The van der Waals surface area contributed by atoms with Gasteiger partial charge in [0.05, 0.1) is 6.54 Å². The molecule has 3 rings (SSSR count). The normalized spacial score (nSPS) is 17.4. The van der Waals surface area contributed by atoms with Crippen LogP contribution >= 0.6 is 24.0 Å². The Balaban J connectivity index is 0.00000280. The molecule has 1 unspecified atom stereocenters. The molecular formula is C20H31IN6O. The van der Waals surface area contributed by atoms with Crippen molar-refractivity contribution < 1.29 is 4.52 Å². The van der Waals surface area contributed by atoms with E-state index in [1.165, 1.54) is 11.3 Å². The van der Waals surface area contributed by atoms with Gasteiger partial charge in [0.25, 0.3) is 0 Å². The van der Waals surface area contributed by atoms with Crippen molar-refractivity contribution in [2.75, 3.05) is 25.0 Å². The van der Waals surface area contributed by atoms with E-state index in [1.54, 1.807) is 7.05 Å². The molecule has 0 radical (unpaired) electrons. The predicted molar refractivity (Wildman–Crippen MR) is 124 cm³/mol. The van der Waals surface area contributed by atoms with Crippen molar-refractivity contribution in [3.05, 3.63) is 41.5 Å². The average Bonchev–Trinajstić information content (AvgIpc) is 3.28. The Bertz CT molecular complexity index is 781. The first-order valence-electron chi connectivity index (χ1n) is 9.47. The maximum atomic E-state index is 5.33. The van der Waals surface area contributed by atoms with Gasteiger partial charge in [0.2, 0.25) is 5.89 Å². The molecule has 0 amide bonds. The number of aliphatic imine (C=N–C) groups is 1. The molecule has 0 bridgehead atoms. The highest BCUT2D eigenvalue weighted by Crippen LogP contribution is 2.21. The van der Waals surface area contributed by atoms with Crippen LogP contribution in [0, 0.1) is 6.92 Å². The van der Waals surface area contributed by atoms with Crippen LogP contribution in [0.5, 0.6) is 0 Å². The third kappa shape index (κ3) is 5.83. The lowest BCUT2D eigenvalue weighted by Crippen LogP contribution is -2.44. The molecule has 2 heterocycles. The predicted octanol–water partition coefficient (Wildman–Crippen LogP) is 3.24. The first-order chi connectivity index (χ1) is 12.8. The zero-order valence-electron chi connectivity index (χ0n) is 17.3. The van der Waals surface area contributed by atoms with Gasteiger partial charge in [0, 0.05) is 37.3 Å². The maximum absolute atomic E-state index is 5.33. The van der Waals surface area contributed by atoms with Gasteiger partial charge in [0.15, 0.2) is 11.8 Å². The van der Waals surface area contributed by atoms with Gasteiger partial charge in [-0.1, -0.05) is 43.6 Å². The molecule has 1 saturated heterocycles. The van der Waals surface area contributed by atoms with E-state index in [0.29, 0.717) is 24.3 Å². The second-order valence-corrected chi connectivity index (χ2v) is 8.10. The van der Waals surface area contributed by atoms with Gasteiger partial charge in [0.1, 0.15) is 0 Å². The number of guanidine groups is 1. The van der Waals surface area contributed by atoms with Crippen LogP contribution in [0.2, 0.25) is 0 Å². The van der Waals surface area contributed by atoms with E-state index in [2.05, 4.69) is 82.6 Å². The number of benzene rings is 1. The summed E-state index contributed by atoms with van der Waals surface area (Å²) in [5.41, 5.74) is 2.41. The number of anilines is 1. The van der Waals surface area contributed by atoms with Gasteiger partial charge in [-0.3, -0.25) is 4.99 Å². The number of aromatic nitrogens is 2. The fourth-order valence-electron chi connectivity index (χ4n) is 3.05. The van der Waals surface area contributed by atoms with Crippen molar-refractivity contribution in [2.24, 2.45) is 4.99 Å². The number of rotatable bonds is 4. The smallest absolute Gasteiger partial charge is 0.232 e. The van der Waals surface area contributed by atoms with Gasteiger partial charge in [-0.25, -0.2) is 0 Å². The lowest BCUT2D eigenvalue weighted by Gasteiger charge is -2.20. The van der Waals surface area contributed by atoms with E-state index in [0.717, 1.165) is 25.5 Å². The summed E-state index contributed by atoms with van der Waals surface area (Å²) in [6.07, 6.45) is 1.07. The molecule has 0 saturated carbocycles. The molecule has 1 aromatic carbocycles. The van der Waals surface area contributed by atoms with Gasteiger partial charge in [-0.2, -0.15) is 4.98 Å². The number of nitrogens with zero attached hydrogens (tertiary/aromatic N) is 4. The lowest BCUT2D eigenvalue weighted by molar-refractivity contribution is 0.318. The molecule has 0 spiro atoms. The third-order valence-electron chi connectivity index (χ3n) is 4.68. The summed E-state index contributed by atoms with van der Waals surface area (Å²) < 4.78 is 5.33. The highest BCUT2D eigenvalue weighted by atomic mass is 127. The van der Waals surface area contributed by atoms with Gasteiger partial charge in [-0.05, 0) is 25.5 Å². The Morgan fingerprint density at radius 1 is 1.29 bits per heavy atom. The zero-order valence-corrected chi connectivity index (χ0v) is 19.7. The van der Waals surface area contributed by atoms with Crippen LogP contribution in [0.25, 0.3) is 0 Å². The number of hydrogen-bond acceptors (Lipinski definition) is 5. The summed E-state index contributed by atoms with van der Waals surface area (Å²) in [4.78, 5) is 11.2. The SMILES string of the molecule is CN=C(NCc1noc(C(C)(C)C)n1)NC1CCN(c2ccc(C)cc2)C1.I. The van der Waals surface area contributed by atoms with E-state index >= 15 is 0 Å². The van der Waals surface area contributed by atoms with E-state index in [9.17, 15) is 0 Å². The minimum absolute atomic E-state index is 0. The molecule has 1 aliphatic rings. The third-order valence-corrected chi connectivity index (χ3v) is 4.68. The molecule has 1 atom stereocenters. The van der Waals surface area contributed by atoms with Crippen LogP contribution in [0.1, 0.15) is 44.5 Å². The first kappa shape index (κ1) is 22.4. The fraction of sp³-hybridized carbons (Fsp3) is 0.550. The van der Waals surface area contributed by atoms with Crippen LogP contribution in [0.15, 0.2) is 33.8 Å². The fourth-order valence-corrected chi connectivity index (χ4v) is 3.05. The largest absolute Gasteiger partial charge is 0.369 e. The first-order valence-corrected chi connectivity index (χ1v) is 9.47. The molecule has 8 heteroatoms. The van der Waals surface area contributed by atoms with Crippen LogP contribution in [-0.4, -0.2) is 42.3 Å². The van der Waals surface area contributed by atoms with E-state index < -0.39 is 0 Å². The molecule has 2 aromatic rings. The Labute approximate surface area is 184 Å². The van der Waals surface area contributed by atoms with Crippen molar-refractivity contribution >= 4 is 35.6 Å². The van der Waals surface area contributed by atoms with E-state index in [4.69, 9.17) is 4.52 Å². The number of nitrogens with one attached hydrogen (secondary N) is 2. The molecule has 28 heavy (non-hydrogen) atoms. The van der Waals surface area contributed by atoms with Gasteiger partial charge in [-0.15, -0.1) is 24.0 Å². The average molecular weight is 498 g/mol. The zero-order chi connectivity index (χ0) is 19.4. The standard InChI is InChI=1S/C20H30N6O.HI/c1-14-6-8-16(9-7-14)26-11-10-15(13-26)23-19(21-5)22-12-17-24-18(27-25-17)20(2,3)4;/h6-9,15H,10-13H2,1-5H3,(H2,21,22,23);1H. The van der Waals surface area contributed by atoms with Crippen molar-refractivity contribution in [1.29, 1.82) is 0 Å². The molecule has 1 aliphatic heterocycles. The van der Waals surface area contributed by atoms with Crippen molar-refractivity contribution in [1.82, 2.24) is 20.8 Å². The van der Waals surface area contributed by atoms with Crippen LogP contribution in [0.3, 0.4) is 0 Å². The summed E-state index contributed by atoms with van der Waals surface area (Å²) in [6, 6.07) is 9.05. The number of aryl methyl sites for hydroxylation is 1. The summed E-state index contributed by atoms with van der Waals surface area (Å²) in [7, 11) is 1.78. The number of halogens is 1. The van der Waals surface area contributed by atoms with Crippen LogP contribution in [0.4, 0.5) is 5.69 Å². The minimum atomic E-state index is -0.144. The van der Waals surface area contributed by atoms with Gasteiger partial charge >= 0.3 is 0 Å². The van der Waals surface area contributed by atoms with Crippen molar-refractivity contribution in [3.8, 4) is 0 Å². The van der Waals surface area contributed by atoms with Crippen molar-refractivity contribution in [2.45, 2.75) is 52.1 Å². The second-order valence-electron chi connectivity index (χ2n) is 8.10. The topological polar surface area (TPSA) is 78.6 Å². The Hall–Kier alpha value is -1.84. The molecule has 0 aliphatic carbocycles. The van der Waals surface area contributed by atoms with E-state index in [-0.39, 0.29) is 29.4 Å². The van der Waals surface area contributed by atoms with Crippen LogP contribution in [-0.2, 0) is 12.0 Å². The monoisotopic (exact) mass is 498 g/mol. The highest BCUT2D eigenvalue weighted by molar-refractivity contribution is 14.0. The molecular weight excluding hydrogens is 467 g/mol. The quantitative estimate of drug-likeness (QED) is 0.383. The van der Waals surface area contributed by atoms with Gasteiger partial charge < -0.3 is 20.1 Å². The maximum Gasteiger partial charge on any atom is 0.232 e. The minimum Gasteiger partial charge on any atom is -0.369 e. The summed E-state index contributed by atoms with van der Waals surface area (Å²) in [5, 5.41) is 10.8. The number of hydrogen-bond donors (Lipinski definition) is 2.